The summed E-state index contributed by atoms with van der Waals surface area (Å²) in [6.07, 6.45) is 0. The van der Waals surface area contributed by atoms with E-state index in [1.165, 1.54) is 0 Å². The van der Waals surface area contributed by atoms with Crippen LogP contribution in [-0.4, -0.2) is 19.6 Å². The van der Waals surface area contributed by atoms with Crippen LogP contribution in [0.25, 0.3) is 0 Å². The van der Waals surface area contributed by atoms with E-state index >= 15 is 0 Å². The van der Waals surface area contributed by atoms with Crippen molar-refractivity contribution in [3.63, 3.8) is 0 Å². The van der Waals surface area contributed by atoms with Gasteiger partial charge in [-0.15, -0.1) is 0 Å². The Bertz CT molecular complexity index is 404. The lowest BCUT2D eigenvalue weighted by Gasteiger charge is -2.10. The van der Waals surface area contributed by atoms with Gasteiger partial charge in [0.25, 0.3) is 0 Å². The van der Waals surface area contributed by atoms with Crippen LogP contribution >= 0.6 is 0 Å². The molecular formula is C12H16N2O2. The Morgan fingerprint density at radius 1 is 1.50 bits per heavy atom. The average molecular weight is 220 g/mol. The second-order valence-electron chi connectivity index (χ2n) is 3.79. The fraction of sp³-hybridized carbons (Fsp3) is 0.417. The van der Waals surface area contributed by atoms with E-state index in [-0.39, 0.29) is 11.9 Å². The van der Waals surface area contributed by atoms with Crippen molar-refractivity contribution >= 4 is 11.6 Å². The van der Waals surface area contributed by atoms with Gasteiger partial charge in [-0.1, -0.05) is 25.1 Å². The number of likely N-dealkylation sites (N-methyl/N-ethyl adjacent to an activating group) is 1. The molecule has 1 aromatic rings. The second kappa shape index (κ2) is 4.63. The number of carbonyl (C=O) groups is 1. The smallest absolute Gasteiger partial charge is 0.246 e. The maximum absolute atomic E-state index is 11.8. The molecule has 1 amide bonds. The molecule has 4 heteroatoms. The number of hydrogen-bond donors (Lipinski definition) is 2. The number of nitrogens with one attached hydrogen (secondary N) is 2. The fourth-order valence-electron chi connectivity index (χ4n) is 2.03. The lowest BCUT2D eigenvalue weighted by atomic mass is 10.0. The molecule has 1 aliphatic rings. The summed E-state index contributed by atoms with van der Waals surface area (Å²) in [5.74, 6) is 0.0143. The van der Waals surface area contributed by atoms with Crippen molar-refractivity contribution in [3.8, 4) is 0 Å². The van der Waals surface area contributed by atoms with Gasteiger partial charge in [-0.3, -0.25) is 4.79 Å². The van der Waals surface area contributed by atoms with Crippen molar-refractivity contribution < 1.29 is 9.53 Å². The summed E-state index contributed by atoms with van der Waals surface area (Å²) >= 11 is 0. The van der Waals surface area contributed by atoms with Gasteiger partial charge in [0.2, 0.25) is 5.91 Å². The minimum absolute atomic E-state index is 0.0143. The first-order valence-corrected chi connectivity index (χ1v) is 5.43. The van der Waals surface area contributed by atoms with Gasteiger partial charge < -0.3 is 15.4 Å². The lowest BCUT2D eigenvalue weighted by Crippen LogP contribution is -2.27. The fourth-order valence-corrected chi connectivity index (χ4v) is 2.03. The number of rotatable bonds is 4. The van der Waals surface area contributed by atoms with E-state index in [0.717, 1.165) is 23.4 Å². The Hall–Kier alpha value is -1.39. The van der Waals surface area contributed by atoms with Gasteiger partial charge in [0.1, 0.15) is 6.04 Å². The van der Waals surface area contributed by atoms with Crippen molar-refractivity contribution in [3.05, 3.63) is 29.3 Å². The van der Waals surface area contributed by atoms with Crippen molar-refractivity contribution in [2.45, 2.75) is 19.6 Å². The maximum Gasteiger partial charge on any atom is 0.246 e. The summed E-state index contributed by atoms with van der Waals surface area (Å²) in [5, 5.41) is 6.07. The van der Waals surface area contributed by atoms with Crippen molar-refractivity contribution in [2.24, 2.45) is 0 Å². The third-order valence-electron chi connectivity index (χ3n) is 2.71. The van der Waals surface area contributed by atoms with Gasteiger partial charge in [0, 0.05) is 18.2 Å². The topological polar surface area (TPSA) is 50.4 Å². The van der Waals surface area contributed by atoms with Gasteiger partial charge in [0.15, 0.2) is 0 Å². The molecule has 1 aromatic carbocycles. The molecule has 0 bridgehead atoms. The van der Waals surface area contributed by atoms with Gasteiger partial charge >= 0.3 is 0 Å². The first kappa shape index (κ1) is 11.1. The number of anilines is 1. The van der Waals surface area contributed by atoms with Gasteiger partial charge in [0.05, 0.1) is 12.3 Å². The van der Waals surface area contributed by atoms with Crippen LogP contribution < -0.4 is 10.6 Å². The molecule has 16 heavy (non-hydrogen) atoms. The SMILES string of the molecule is CCNC1C(=O)Nc2c(COC)cccc21. The first-order valence-electron chi connectivity index (χ1n) is 5.43. The molecule has 2 rings (SSSR count). The number of fused-ring (bicyclic) bond motifs is 1. The van der Waals surface area contributed by atoms with E-state index in [0.29, 0.717) is 6.61 Å². The zero-order valence-electron chi connectivity index (χ0n) is 9.54. The molecule has 0 fully saturated rings. The van der Waals surface area contributed by atoms with Gasteiger partial charge in [-0.05, 0) is 6.54 Å². The largest absolute Gasteiger partial charge is 0.380 e. The summed E-state index contributed by atoms with van der Waals surface area (Å²) in [4.78, 5) is 11.8. The average Bonchev–Trinajstić information content (AvgIpc) is 2.59. The quantitative estimate of drug-likeness (QED) is 0.807. The number of methoxy groups -OCH3 is 1. The molecule has 0 saturated carbocycles. The predicted molar refractivity (Wildman–Crippen MR) is 62.2 cm³/mol. The van der Waals surface area contributed by atoms with Crippen LogP contribution in [0.15, 0.2) is 18.2 Å². The van der Waals surface area contributed by atoms with Crippen LogP contribution in [0, 0.1) is 0 Å². The summed E-state index contributed by atoms with van der Waals surface area (Å²) in [7, 11) is 1.65. The molecule has 0 saturated heterocycles. The lowest BCUT2D eigenvalue weighted by molar-refractivity contribution is -0.117. The highest BCUT2D eigenvalue weighted by atomic mass is 16.5. The Kier molecular flexibility index (Phi) is 3.22. The normalized spacial score (nSPS) is 18.4. The van der Waals surface area contributed by atoms with Crippen LogP contribution in [0.2, 0.25) is 0 Å². The molecule has 86 valence electrons. The maximum atomic E-state index is 11.8. The van der Waals surface area contributed by atoms with E-state index in [9.17, 15) is 4.79 Å². The van der Waals surface area contributed by atoms with Crippen LogP contribution in [0.5, 0.6) is 0 Å². The van der Waals surface area contributed by atoms with Gasteiger partial charge in [-0.25, -0.2) is 0 Å². The third-order valence-corrected chi connectivity index (χ3v) is 2.71. The number of benzene rings is 1. The number of hydrogen-bond acceptors (Lipinski definition) is 3. The molecule has 1 heterocycles. The monoisotopic (exact) mass is 220 g/mol. The number of carbonyl (C=O) groups excluding carboxylic acids is 1. The Morgan fingerprint density at radius 3 is 3.00 bits per heavy atom. The van der Waals surface area contributed by atoms with Crippen LogP contribution in [0.4, 0.5) is 5.69 Å². The Labute approximate surface area is 95.0 Å². The molecule has 0 aromatic heterocycles. The van der Waals surface area contributed by atoms with E-state index in [4.69, 9.17) is 4.74 Å². The summed E-state index contributed by atoms with van der Waals surface area (Å²) < 4.78 is 5.11. The van der Waals surface area contributed by atoms with Crippen molar-refractivity contribution in [1.29, 1.82) is 0 Å². The highest BCUT2D eigenvalue weighted by molar-refractivity contribution is 6.03. The zero-order chi connectivity index (χ0) is 11.5. The third kappa shape index (κ3) is 1.81. The number of para-hydroxylation sites is 1. The second-order valence-corrected chi connectivity index (χ2v) is 3.79. The molecule has 0 aliphatic carbocycles. The van der Waals surface area contributed by atoms with E-state index < -0.39 is 0 Å². The van der Waals surface area contributed by atoms with Crippen molar-refractivity contribution in [1.82, 2.24) is 5.32 Å². The predicted octanol–water partition coefficient (Wildman–Crippen LogP) is 1.44. The summed E-state index contributed by atoms with van der Waals surface area (Å²) in [5.41, 5.74) is 2.94. The molecule has 1 aliphatic heterocycles. The summed E-state index contributed by atoms with van der Waals surface area (Å²) in [6, 6.07) is 5.67. The van der Waals surface area contributed by atoms with E-state index in [2.05, 4.69) is 10.6 Å². The molecule has 1 atom stereocenters. The van der Waals surface area contributed by atoms with Crippen molar-refractivity contribution in [2.75, 3.05) is 19.0 Å². The first-order chi connectivity index (χ1) is 7.77. The number of amides is 1. The van der Waals surface area contributed by atoms with Crippen LogP contribution in [0.3, 0.4) is 0 Å². The standard InChI is InChI=1S/C12H16N2O2/c1-3-13-11-9-6-4-5-8(7-16-2)10(9)14-12(11)15/h4-6,11,13H,3,7H2,1-2H3,(H,14,15). The number of ether oxygens (including phenoxy) is 1. The summed E-state index contributed by atoms with van der Waals surface area (Å²) in [6.45, 7) is 3.28. The molecule has 1 unspecified atom stereocenters. The highest BCUT2D eigenvalue weighted by Crippen LogP contribution is 2.33. The molecule has 0 radical (unpaired) electrons. The zero-order valence-corrected chi connectivity index (χ0v) is 9.54. The molecular weight excluding hydrogens is 204 g/mol. The highest BCUT2D eigenvalue weighted by Gasteiger charge is 2.30. The minimum atomic E-state index is -0.225. The Balaban J connectivity index is 2.36. The van der Waals surface area contributed by atoms with Crippen LogP contribution in [0.1, 0.15) is 24.1 Å². The van der Waals surface area contributed by atoms with E-state index in [1.807, 2.05) is 25.1 Å². The molecule has 2 N–H and O–H groups in total. The molecule has 0 spiro atoms. The van der Waals surface area contributed by atoms with E-state index in [1.54, 1.807) is 7.11 Å². The van der Waals surface area contributed by atoms with Gasteiger partial charge in [-0.2, -0.15) is 0 Å². The van der Waals surface area contributed by atoms with Crippen LogP contribution in [-0.2, 0) is 16.1 Å². The minimum Gasteiger partial charge on any atom is -0.380 e. The Morgan fingerprint density at radius 2 is 2.31 bits per heavy atom. The molecule has 4 nitrogen and oxygen atoms in total.